The van der Waals surface area contributed by atoms with Crippen molar-refractivity contribution in [3.63, 3.8) is 0 Å². The van der Waals surface area contributed by atoms with Gasteiger partial charge in [-0.05, 0) is 42.2 Å². The number of aliphatic hydroxyl groups is 1. The Morgan fingerprint density at radius 3 is 2.54 bits per heavy atom. The number of nitrogens with two attached hydrogens (primary N) is 2. The minimum Gasteiger partial charge on any atom is -0.497 e. The van der Waals surface area contributed by atoms with E-state index in [9.17, 15) is 5.11 Å². The lowest BCUT2D eigenvalue weighted by Gasteiger charge is -2.22. The van der Waals surface area contributed by atoms with Crippen molar-refractivity contribution in [2.75, 3.05) is 33.6 Å². The maximum Gasteiger partial charge on any atom is 0.122 e. The van der Waals surface area contributed by atoms with Gasteiger partial charge in [-0.15, -0.1) is 0 Å². The number of rotatable bonds is 11. The molecule has 5 N–H and O–H groups in total. The smallest absolute Gasteiger partial charge is 0.122 e. The van der Waals surface area contributed by atoms with Crippen molar-refractivity contribution in [3.05, 3.63) is 59.7 Å². The average Bonchev–Trinajstić information content (AvgIpc) is 2.69. The first kappa shape index (κ1) is 20.2. The molecular formula is C20H29N3O3. The Labute approximate surface area is 155 Å². The highest BCUT2D eigenvalue weighted by atomic mass is 16.5. The van der Waals surface area contributed by atoms with E-state index < -0.39 is 6.10 Å². The molecule has 0 spiro atoms. The van der Waals surface area contributed by atoms with Gasteiger partial charge in [-0.2, -0.15) is 0 Å². The lowest BCUT2D eigenvalue weighted by atomic mass is 10.0. The summed E-state index contributed by atoms with van der Waals surface area (Å²) in [6.07, 6.45) is 1.08. The van der Waals surface area contributed by atoms with Gasteiger partial charge in [0.25, 0.3) is 0 Å². The van der Waals surface area contributed by atoms with Crippen molar-refractivity contribution in [2.24, 2.45) is 11.5 Å². The summed E-state index contributed by atoms with van der Waals surface area (Å²) in [5.41, 5.74) is 13.4. The first-order valence-electron chi connectivity index (χ1n) is 8.80. The van der Waals surface area contributed by atoms with Gasteiger partial charge >= 0.3 is 0 Å². The lowest BCUT2D eigenvalue weighted by Crippen LogP contribution is -2.42. The molecule has 6 heteroatoms. The molecule has 6 nitrogen and oxygen atoms in total. The minimum absolute atomic E-state index is 0.201. The number of methoxy groups -OCH3 is 1. The zero-order valence-corrected chi connectivity index (χ0v) is 15.3. The van der Waals surface area contributed by atoms with E-state index in [2.05, 4.69) is 6.07 Å². The second kappa shape index (κ2) is 10.8. The van der Waals surface area contributed by atoms with Gasteiger partial charge in [0.05, 0.1) is 7.11 Å². The molecule has 0 heterocycles. The van der Waals surface area contributed by atoms with Crippen LogP contribution in [0, 0.1) is 0 Å². The molecule has 2 rings (SSSR count). The van der Waals surface area contributed by atoms with Crippen LogP contribution in [0.25, 0.3) is 0 Å². The minimum atomic E-state index is -0.645. The molecule has 1 atom stereocenters. The van der Waals surface area contributed by atoms with Crippen LogP contribution < -0.4 is 20.9 Å². The van der Waals surface area contributed by atoms with Gasteiger partial charge in [0.1, 0.15) is 24.2 Å². The number of nitrogens with zero attached hydrogens (tertiary/aromatic N) is 1. The van der Waals surface area contributed by atoms with Gasteiger partial charge in [-0.25, -0.2) is 0 Å². The molecular weight excluding hydrogens is 330 g/mol. The van der Waals surface area contributed by atoms with Crippen LogP contribution in [0.1, 0.15) is 11.1 Å². The van der Waals surface area contributed by atoms with E-state index >= 15 is 0 Å². The van der Waals surface area contributed by atoms with Gasteiger partial charge in [-0.1, -0.05) is 30.3 Å². The summed E-state index contributed by atoms with van der Waals surface area (Å²) in [4.78, 5) is 1.75. The molecule has 0 amide bonds. The molecule has 142 valence electrons. The predicted octanol–water partition coefficient (Wildman–Crippen LogP) is 1.35. The third-order valence-corrected chi connectivity index (χ3v) is 4.21. The molecule has 2 aromatic rings. The molecule has 0 aromatic heterocycles. The summed E-state index contributed by atoms with van der Waals surface area (Å²) in [6, 6.07) is 16.0. The summed E-state index contributed by atoms with van der Waals surface area (Å²) in [5, 5.41) is 10.1. The van der Waals surface area contributed by atoms with Crippen molar-refractivity contribution < 1.29 is 14.6 Å². The van der Waals surface area contributed by atoms with Gasteiger partial charge in [0.15, 0.2) is 0 Å². The van der Waals surface area contributed by atoms with E-state index in [1.165, 1.54) is 5.56 Å². The molecule has 0 bridgehead atoms. The quantitative estimate of drug-likeness (QED) is 0.525. The van der Waals surface area contributed by atoms with Crippen molar-refractivity contribution in [2.45, 2.75) is 18.9 Å². The Kier molecular flexibility index (Phi) is 8.37. The number of hydrogen-bond donors (Lipinski definition) is 3. The van der Waals surface area contributed by atoms with Crippen LogP contribution in [0.5, 0.6) is 11.5 Å². The van der Waals surface area contributed by atoms with Crippen LogP contribution in [0.3, 0.4) is 0 Å². The topological polar surface area (TPSA) is 94.0 Å². The van der Waals surface area contributed by atoms with E-state index in [0.717, 1.165) is 29.9 Å². The zero-order valence-electron chi connectivity index (χ0n) is 15.3. The summed E-state index contributed by atoms with van der Waals surface area (Å²) in [6.45, 7) is 1.21. The fourth-order valence-electron chi connectivity index (χ4n) is 2.72. The van der Waals surface area contributed by atoms with Crippen LogP contribution in [0.15, 0.2) is 48.5 Å². The fraction of sp³-hybridized carbons (Fsp3) is 0.400. The summed E-state index contributed by atoms with van der Waals surface area (Å²) in [5.74, 6) is 1.65. The number of para-hydroxylation sites is 1. The van der Waals surface area contributed by atoms with Crippen LogP contribution in [0.4, 0.5) is 0 Å². The Morgan fingerprint density at radius 1 is 1.04 bits per heavy atom. The van der Waals surface area contributed by atoms with Crippen molar-refractivity contribution >= 4 is 0 Å². The summed E-state index contributed by atoms with van der Waals surface area (Å²) >= 11 is 0. The van der Waals surface area contributed by atoms with Crippen molar-refractivity contribution in [1.82, 2.24) is 4.90 Å². The first-order chi connectivity index (χ1) is 12.7. The van der Waals surface area contributed by atoms with Gasteiger partial charge in [-0.3, -0.25) is 4.90 Å². The van der Waals surface area contributed by atoms with E-state index in [1.54, 1.807) is 12.0 Å². The van der Waals surface area contributed by atoms with Crippen LogP contribution in [0.2, 0.25) is 0 Å². The summed E-state index contributed by atoms with van der Waals surface area (Å²) < 4.78 is 11.1. The largest absolute Gasteiger partial charge is 0.497 e. The second-order valence-corrected chi connectivity index (χ2v) is 6.14. The third kappa shape index (κ3) is 6.31. The Balaban J connectivity index is 1.92. The monoisotopic (exact) mass is 359 g/mol. The van der Waals surface area contributed by atoms with Crippen LogP contribution >= 0.6 is 0 Å². The lowest BCUT2D eigenvalue weighted by molar-refractivity contribution is 0.0694. The molecule has 0 aliphatic carbocycles. The highest BCUT2D eigenvalue weighted by Gasteiger charge is 2.11. The summed E-state index contributed by atoms with van der Waals surface area (Å²) in [7, 11) is 1.67. The highest BCUT2D eigenvalue weighted by Crippen LogP contribution is 2.21. The van der Waals surface area contributed by atoms with E-state index in [0.29, 0.717) is 19.9 Å². The number of hydrogen-bond acceptors (Lipinski definition) is 6. The molecule has 0 unspecified atom stereocenters. The number of aliphatic hydroxyl groups excluding tert-OH is 1. The SMILES string of the molecule is COc1cccc(CCc2ccccc2OC[C@H](O)CN(CN)CN)c1. The van der Waals surface area contributed by atoms with Crippen molar-refractivity contribution in [3.8, 4) is 11.5 Å². The molecule has 0 saturated heterocycles. The fourth-order valence-corrected chi connectivity index (χ4v) is 2.72. The number of ether oxygens (including phenoxy) is 2. The maximum absolute atomic E-state index is 10.1. The van der Waals surface area contributed by atoms with E-state index in [-0.39, 0.29) is 6.61 Å². The average molecular weight is 359 g/mol. The second-order valence-electron chi connectivity index (χ2n) is 6.14. The number of benzene rings is 2. The Hall–Kier alpha value is -2.12. The van der Waals surface area contributed by atoms with Crippen molar-refractivity contribution in [1.29, 1.82) is 0 Å². The number of aryl methyl sites for hydroxylation is 2. The molecule has 0 saturated carbocycles. The third-order valence-electron chi connectivity index (χ3n) is 4.21. The maximum atomic E-state index is 10.1. The Morgan fingerprint density at radius 2 is 1.81 bits per heavy atom. The zero-order chi connectivity index (χ0) is 18.8. The van der Waals surface area contributed by atoms with E-state index in [1.807, 2.05) is 42.5 Å². The molecule has 0 radical (unpaired) electrons. The molecule has 26 heavy (non-hydrogen) atoms. The van der Waals surface area contributed by atoms with Gasteiger partial charge in [0, 0.05) is 19.9 Å². The Bertz CT molecular complexity index is 662. The molecule has 2 aromatic carbocycles. The van der Waals surface area contributed by atoms with Crippen LogP contribution in [-0.4, -0.2) is 49.7 Å². The standard InChI is InChI=1S/C20H29N3O3/c1-25-19-7-4-5-16(11-19)9-10-17-6-2-3-8-20(17)26-13-18(24)12-23(14-21)15-22/h2-8,11,18,24H,9-10,12-15,21-22H2,1H3/t18-/m1/s1. The first-order valence-corrected chi connectivity index (χ1v) is 8.80. The van der Waals surface area contributed by atoms with Gasteiger partial charge < -0.3 is 26.0 Å². The highest BCUT2D eigenvalue weighted by molar-refractivity contribution is 5.35. The van der Waals surface area contributed by atoms with E-state index in [4.69, 9.17) is 20.9 Å². The molecule has 0 aliphatic rings. The molecule has 0 aliphatic heterocycles. The predicted molar refractivity (Wildman–Crippen MR) is 103 cm³/mol. The molecule has 0 fully saturated rings. The van der Waals surface area contributed by atoms with Crippen LogP contribution in [-0.2, 0) is 12.8 Å². The van der Waals surface area contributed by atoms with Gasteiger partial charge in [0.2, 0.25) is 0 Å². The normalized spacial score (nSPS) is 12.2.